The number of nitrogens with one attached hydrogen (secondary N) is 3. The van der Waals surface area contributed by atoms with Gasteiger partial charge in [0.2, 0.25) is 5.91 Å². The number of carbonyl (C=O) groups is 2. The first-order valence-electron chi connectivity index (χ1n) is 12.3. The molecule has 194 valence electrons. The van der Waals surface area contributed by atoms with Gasteiger partial charge < -0.3 is 20.9 Å². The quantitative estimate of drug-likeness (QED) is 0.282. The molecule has 36 heavy (non-hydrogen) atoms. The lowest BCUT2D eigenvalue weighted by Crippen LogP contribution is -2.39. The number of carbonyl (C=O) groups excluding carboxylic acids is 2. The smallest absolute Gasteiger partial charge is 0.319 e. The summed E-state index contributed by atoms with van der Waals surface area (Å²) in [6.45, 7) is 3.46. The number of nitrogens with zero attached hydrogens (tertiary/aromatic N) is 1. The first-order chi connectivity index (χ1) is 17.3. The predicted octanol–water partition coefficient (Wildman–Crippen LogP) is 6.59. The fourth-order valence-corrected chi connectivity index (χ4v) is 5.33. The fraction of sp³-hybridized carbons (Fsp3) is 0.462. The van der Waals surface area contributed by atoms with Gasteiger partial charge in [-0.2, -0.15) is 0 Å². The van der Waals surface area contributed by atoms with Crippen LogP contribution in [0.25, 0.3) is 0 Å². The molecule has 10 heteroatoms. The van der Waals surface area contributed by atoms with Gasteiger partial charge in [-0.25, -0.2) is 4.79 Å². The molecule has 4 rings (SSSR count). The van der Waals surface area contributed by atoms with Crippen molar-refractivity contribution in [2.75, 3.05) is 31.5 Å². The molecule has 2 aliphatic rings. The maximum atomic E-state index is 12.4. The van der Waals surface area contributed by atoms with Crippen LogP contribution in [0.1, 0.15) is 43.6 Å². The van der Waals surface area contributed by atoms with E-state index in [1.165, 1.54) is 0 Å². The zero-order valence-corrected chi connectivity index (χ0v) is 22.9. The number of anilines is 1. The summed E-state index contributed by atoms with van der Waals surface area (Å²) in [7, 11) is 0. The summed E-state index contributed by atoms with van der Waals surface area (Å²) in [5.41, 5.74) is 1.57. The molecule has 0 bridgehead atoms. The van der Waals surface area contributed by atoms with Crippen LogP contribution in [0.15, 0.2) is 36.4 Å². The summed E-state index contributed by atoms with van der Waals surface area (Å²) in [6, 6.07) is 10.6. The van der Waals surface area contributed by atoms with E-state index in [-0.39, 0.29) is 29.8 Å². The highest BCUT2D eigenvalue weighted by atomic mass is 35.5. The average Bonchev–Trinajstić information content (AvgIpc) is 3.53. The zero-order valence-electron chi connectivity index (χ0n) is 19.8. The van der Waals surface area contributed by atoms with E-state index in [0.717, 1.165) is 57.3 Å². The molecule has 3 amide bonds. The number of amides is 3. The van der Waals surface area contributed by atoms with Crippen LogP contribution in [-0.2, 0) is 4.79 Å². The molecule has 6 nitrogen and oxygen atoms in total. The molecule has 0 aromatic heterocycles. The summed E-state index contributed by atoms with van der Waals surface area (Å²) in [5, 5.41) is 10.7. The van der Waals surface area contributed by atoms with Gasteiger partial charge in [-0.15, -0.1) is 0 Å². The predicted molar refractivity (Wildman–Crippen MR) is 148 cm³/mol. The first-order valence-corrected chi connectivity index (χ1v) is 13.8. The van der Waals surface area contributed by atoms with E-state index >= 15 is 0 Å². The highest BCUT2D eigenvalue weighted by Crippen LogP contribution is 2.48. The van der Waals surface area contributed by atoms with Crippen LogP contribution in [0.4, 0.5) is 10.5 Å². The van der Waals surface area contributed by atoms with Crippen molar-refractivity contribution in [3.63, 3.8) is 0 Å². The molecule has 1 saturated heterocycles. The van der Waals surface area contributed by atoms with Crippen LogP contribution in [-0.4, -0.2) is 49.1 Å². The van der Waals surface area contributed by atoms with Gasteiger partial charge in [0.15, 0.2) is 0 Å². The van der Waals surface area contributed by atoms with Crippen molar-refractivity contribution in [1.82, 2.24) is 15.5 Å². The zero-order chi connectivity index (χ0) is 25.7. The molecule has 3 atom stereocenters. The highest BCUT2D eigenvalue weighted by molar-refractivity contribution is 6.44. The van der Waals surface area contributed by atoms with Gasteiger partial charge >= 0.3 is 6.03 Å². The lowest BCUT2D eigenvalue weighted by molar-refractivity contribution is -0.122. The lowest BCUT2D eigenvalue weighted by atomic mass is 10.1. The Kier molecular flexibility index (Phi) is 9.65. The number of urea groups is 1. The molecule has 1 heterocycles. The van der Waals surface area contributed by atoms with Crippen LogP contribution in [0, 0.1) is 5.92 Å². The Morgan fingerprint density at radius 1 is 0.972 bits per heavy atom. The van der Waals surface area contributed by atoms with E-state index in [1.54, 1.807) is 24.3 Å². The number of unbranched alkanes of at least 4 members (excludes halogenated alkanes) is 2. The van der Waals surface area contributed by atoms with Crippen LogP contribution >= 0.6 is 46.4 Å². The van der Waals surface area contributed by atoms with E-state index in [1.807, 2.05) is 12.1 Å². The third kappa shape index (κ3) is 7.42. The van der Waals surface area contributed by atoms with Gasteiger partial charge in [0.05, 0.1) is 25.8 Å². The number of rotatable bonds is 10. The second-order valence-electron chi connectivity index (χ2n) is 9.46. The van der Waals surface area contributed by atoms with Gasteiger partial charge in [0.1, 0.15) is 0 Å². The summed E-state index contributed by atoms with van der Waals surface area (Å²) in [4.78, 5) is 27.1. The molecule has 0 spiro atoms. The number of hydrogen-bond acceptors (Lipinski definition) is 3. The van der Waals surface area contributed by atoms with Crippen LogP contribution in [0.5, 0.6) is 0 Å². The molecule has 3 N–H and O–H groups in total. The minimum absolute atomic E-state index is 0.0309. The highest BCUT2D eigenvalue weighted by Gasteiger charge is 2.43. The van der Waals surface area contributed by atoms with Gasteiger partial charge in [0.25, 0.3) is 0 Å². The van der Waals surface area contributed by atoms with E-state index in [4.69, 9.17) is 46.4 Å². The monoisotopic (exact) mass is 570 g/mol. The summed E-state index contributed by atoms with van der Waals surface area (Å²) < 4.78 is 0. The molecule has 1 aliphatic heterocycles. The normalized spacial score (nSPS) is 21.3. The number of hydrogen-bond donors (Lipinski definition) is 3. The van der Waals surface area contributed by atoms with Crippen LogP contribution < -0.4 is 16.0 Å². The first kappa shape index (κ1) is 27.3. The molecule has 2 fully saturated rings. The minimum atomic E-state index is -0.279. The van der Waals surface area contributed by atoms with Gasteiger partial charge in [-0.05, 0) is 68.0 Å². The molecule has 0 radical (unpaired) electrons. The van der Waals surface area contributed by atoms with Gasteiger partial charge in [-0.1, -0.05) is 65.0 Å². The van der Waals surface area contributed by atoms with Crippen molar-refractivity contribution in [3.8, 4) is 0 Å². The third-order valence-electron chi connectivity index (χ3n) is 6.76. The van der Waals surface area contributed by atoms with Crippen molar-refractivity contribution in [1.29, 1.82) is 0 Å². The standard InChI is InChI=1S/C26H30Cl4N4O2/c27-20-8-7-16(13-22(20)29)18-14-19(18)25(35)31-10-2-1-3-11-34-12-9-17(15-34)32-26(36)33-23-6-4-5-21(28)24(23)30/h4-8,13,17-19H,1-3,9-12,14-15H2,(H,31,35)(H2,32,33,36)/t17-,18?,19?/m0/s1. The Bertz CT molecular complexity index is 1100. The van der Waals surface area contributed by atoms with Crippen molar-refractivity contribution in [2.24, 2.45) is 5.92 Å². The fourth-order valence-electron chi connectivity index (χ4n) is 4.67. The Balaban J connectivity index is 1.06. The van der Waals surface area contributed by atoms with Crippen molar-refractivity contribution >= 4 is 64.0 Å². The van der Waals surface area contributed by atoms with E-state index < -0.39 is 0 Å². The second-order valence-corrected chi connectivity index (χ2v) is 11.1. The molecular formula is C26H30Cl4N4O2. The van der Waals surface area contributed by atoms with E-state index in [2.05, 4.69) is 20.9 Å². The Labute approximate surface area is 232 Å². The Morgan fingerprint density at radius 3 is 2.61 bits per heavy atom. The lowest BCUT2D eigenvalue weighted by Gasteiger charge is -2.17. The maximum Gasteiger partial charge on any atom is 0.319 e. The summed E-state index contributed by atoms with van der Waals surface area (Å²) in [6.07, 6.45) is 4.83. The van der Waals surface area contributed by atoms with Gasteiger partial charge in [-0.3, -0.25) is 4.79 Å². The van der Waals surface area contributed by atoms with Crippen molar-refractivity contribution < 1.29 is 9.59 Å². The topological polar surface area (TPSA) is 73.5 Å². The molecule has 1 saturated carbocycles. The molecule has 1 aliphatic carbocycles. The number of halogens is 4. The largest absolute Gasteiger partial charge is 0.356 e. The SMILES string of the molecule is O=C(Nc1cccc(Cl)c1Cl)N[C@H]1CCN(CCCCCNC(=O)C2CC2c2ccc(Cl)c(Cl)c2)C1. The van der Waals surface area contributed by atoms with E-state index in [9.17, 15) is 9.59 Å². The molecule has 2 aromatic carbocycles. The van der Waals surface area contributed by atoms with Crippen LogP contribution in [0.3, 0.4) is 0 Å². The molecular weight excluding hydrogens is 542 g/mol. The molecule has 2 aromatic rings. The van der Waals surface area contributed by atoms with Gasteiger partial charge in [0, 0.05) is 31.6 Å². The van der Waals surface area contributed by atoms with Crippen LogP contribution in [0.2, 0.25) is 20.1 Å². The van der Waals surface area contributed by atoms with E-state index in [0.29, 0.717) is 32.3 Å². The van der Waals surface area contributed by atoms with Crippen molar-refractivity contribution in [3.05, 3.63) is 62.1 Å². The maximum absolute atomic E-state index is 12.4. The second kappa shape index (κ2) is 12.7. The Hall–Kier alpha value is -1.70. The summed E-state index contributed by atoms with van der Waals surface area (Å²) in [5.74, 6) is 0.390. The number of likely N-dealkylation sites (tertiary alicyclic amines) is 1. The Morgan fingerprint density at radius 2 is 1.81 bits per heavy atom. The molecule has 2 unspecified atom stereocenters. The average molecular weight is 572 g/mol. The van der Waals surface area contributed by atoms with Crippen molar-refractivity contribution in [2.45, 2.75) is 44.1 Å². The number of benzene rings is 2. The summed E-state index contributed by atoms with van der Waals surface area (Å²) >= 11 is 24.2. The minimum Gasteiger partial charge on any atom is -0.356 e. The third-order valence-corrected chi connectivity index (χ3v) is 8.31.